The predicted octanol–water partition coefficient (Wildman–Crippen LogP) is 4.34. The average Bonchev–Trinajstić information content (AvgIpc) is 3.36. The molecule has 2 aliphatic rings. The molecule has 5 rings (SSSR count). The molecule has 1 fully saturated rings. The second kappa shape index (κ2) is 13.5. The number of aromatic nitrogens is 3. The molecule has 0 radical (unpaired) electrons. The van der Waals surface area contributed by atoms with Gasteiger partial charge in [-0.1, -0.05) is 37.3 Å². The largest absolute Gasteiger partial charge is 0.462 e. The van der Waals surface area contributed by atoms with Crippen LogP contribution in [0.15, 0.2) is 24.3 Å². The summed E-state index contributed by atoms with van der Waals surface area (Å²) in [5.41, 5.74) is 3.48. The highest BCUT2D eigenvalue weighted by Gasteiger charge is 2.28. The van der Waals surface area contributed by atoms with Crippen LogP contribution in [0.25, 0.3) is 0 Å². The quantitative estimate of drug-likeness (QED) is 0.328. The van der Waals surface area contributed by atoms with Gasteiger partial charge in [-0.05, 0) is 50.3 Å². The summed E-state index contributed by atoms with van der Waals surface area (Å²) in [6.07, 6.45) is 1.88. The van der Waals surface area contributed by atoms with Crippen LogP contribution in [-0.2, 0) is 22.4 Å². The zero-order valence-electron chi connectivity index (χ0n) is 24.7. The van der Waals surface area contributed by atoms with Crippen molar-refractivity contribution in [3.63, 3.8) is 0 Å². The van der Waals surface area contributed by atoms with Crippen molar-refractivity contribution in [1.82, 2.24) is 20.3 Å². The molecule has 0 spiro atoms. The lowest BCUT2D eigenvalue weighted by molar-refractivity contribution is 0.0531. The third-order valence-corrected chi connectivity index (χ3v) is 8.22. The third-order valence-electron chi connectivity index (χ3n) is 7.16. The lowest BCUT2D eigenvalue weighted by Crippen LogP contribution is -2.39. The number of hydrogen-bond donors (Lipinski definition) is 2. The molecule has 1 amide bonds. The molecule has 42 heavy (non-hydrogen) atoms. The molecule has 11 nitrogen and oxygen atoms in total. The number of ether oxygens (including phenoxy) is 2. The maximum absolute atomic E-state index is 12.5. The first-order valence-corrected chi connectivity index (χ1v) is 15.4. The van der Waals surface area contributed by atoms with E-state index in [2.05, 4.69) is 39.3 Å². The smallest absolute Gasteiger partial charge is 0.350 e. The molecule has 0 atom stereocenters. The van der Waals surface area contributed by atoms with Crippen LogP contribution >= 0.6 is 11.3 Å². The summed E-state index contributed by atoms with van der Waals surface area (Å²) in [4.78, 5) is 44.3. The van der Waals surface area contributed by atoms with Gasteiger partial charge in [-0.2, -0.15) is 9.97 Å². The lowest BCUT2D eigenvalue weighted by Gasteiger charge is -2.35. The van der Waals surface area contributed by atoms with Crippen LogP contribution in [0.3, 0.4) is 0 Å². The van der Waals surface area contributed by atoms with Gasteiger partial charge in [0.25, 0.3) is 5.91 Å². The van der Waals surface area contributed by atoms with Crippen molar-refractivity contribution in [1.29, 1.82) is 0 Å². The third kappa shape index (κ3) is 6.99. The standard InChI is InChI=1S/C30H39N7O4S/c1-5-41-28(39)24-20(4)32-30(42-24)35-29-33-25(36-13-15-40-16-14-36)23-7-6-12-37(26(23)34-29)18-21-8-10-22(11-9-21)27(38)31-17-19(2)3/h8-11,19H,5-7,12-18H2,1-4H3,(H,31,38)(H,32,33,34,35). The lowest BCUT2D eigenvalue weighted by atomic mass is 10.0. The molecule has 0 saturated carbocycles. The molecule has 2 N–H and O–H groups in total. The zero-order valence-corrected chi connectivity index (χ0v) is 25.6. The van der Waals surface area contributed by atoms with Crippen molar-refractivity contribution in [2.24, 2.45) is 5.92 Å². The number of fused-ring (bicyclic) bond motifs is 1. The minimum absolute atomic E-state index is 0.0549. The van der Waals surface area contributed by atoms with Crippen LogP contribution < -0.4 is 20.4 Å². The zero-order chi connectivity index (χ0) is 29.6. The molecule has 3 aromatic rings. The molecule has 1 aromatic carbocycles. The molecule has 224 valence electrons. The van der Waals surface area contributed by atoms with E-state index in [9.17, 15) is 9.59 Å². The maximum Gasteiger partial charge on any atom is 0.350 e. The van der Waals surface area contributed by atoms with Gasteiger partial charge in [-0.15, -0.1) is 0 Å². The summed E-state index contributed by atoms with van der Waals surface area (Å²) < 4.78 is 10.8. The van der Waals surface area contributed by atoms with Gasteiger partial charge in [0.15, 0.2) is 5.13 Å². The van der Waals surface area contributed by atoms with Crippen molar-refractivity contribution in [2.45, 2.75) is 47.1 Å². The van der Waals surface area contributed by atoms with Crippen LogP contribution in [0.1, 0.15) is 64.0 Å². The summed E-state index contributed by atoms with van der Waals surface area (Å²) >= 11 is 1.24. The van der Waals surface area contributed by atoms with Crippen molar-refractivity contribution in [3.8, 4) is 0 Å². The maximum atomic E-state index is 12.5. The Kier molecular flexibility index (Phi) is 9.53. The topological polar surface area (TPSA) is 122 Å². The van der Waals surface area contributed by atoms with Crippen LogP contribution in [0.2, 0.25) is 0 Å². The van der Waals surface area contributed by atoms with E-state index in [1.165, 1.54) is 11.3 Å². The monoisotopic (exact) mass is 593 g/mol. The highest BCUT2D eigenvalue weighted by molar-refractivity contribution is 7.17. The number of rotatable bonds is 10. The molecular weight excluding hydrogens is 554 g/mol. The van der Waals surface area contributed by atoms with Gasteiger partial charge in [0.2, 0.25) is 5.95 Å². The van der Waals surface area contributed by atoms with E-state index < -0.39 is 0 Å². The summed E-state index contributed by atoms with van der Waals surface area (Å²) in [5, 5.41) is 6.78. The summed E-state index contributed by atoms with van der Waals surface area (Å²) in [5.74, 6) is 2.19. The van der Waals surface area contributed by atoms with E-state index in [1.807, 2.05) is 24.3 Å². The molecule has 0 unspecified atom stereocenters. The van der Waals surface area contributed by atoms with Crippen LogP contribution in [0.5, 0.6) is 0 Å². The normalized spacial score (nSPS) is 15.0. The fourth-order valence-electron chi connectivity index (χ4n) is 5.06. The van der Waals surface area contributed by atoms with E-state index in [1.54, 1.807) is 13.8 Å². The van der Waals surface area contributed by atoms with Gasteiger partial charge in [-0.3, -0.25) is 10.1 Å². The number of aryl methyl sites for hydroxylation is 1. The number of morpholine rings is 1. The first-order chi connectivity index (χ1) is 20.3. The minimum Gasteiger partial charge on any atom is -0.462 e. The highest BCUT2D eigenvalue weighted by Crippen LogP contribution is 2.36. The summed E-state index contributed by atoms with van der Waals surface area (Å²) in [6.45, 7) is 13.0. The van der Waals surface area contributed by atoms with Crippen molar-refractivity contribution in [3.05, 3.63) is 51.5 Å². The Morgan fingerprint density at radius 1 is 1.07 bits per heavy atom. The van der Waals surface area contributed by atoms with Gasteiger partial charge >= 0.3 is 5.97 Å². The first kappa shape index (κ1) is 29.7. The van der Waals surface area contributed by atoms with Crippen molar-refractivity contribution >= 4 is 45.9 Å². The van der Waals surface area contributed by atoms with Gasteiger partial charge in [0.05, 0.1) is 25.5 Å². The fraction of sp³-hybridized carbons (Fsp3) is 0.500. The number of nitrogens with zero attached hydrogens (tertiary/aromatic N) is 5. The van der Waals surface area contributed by atoms with Crippen LogP contribution in [0, 0.1) is 12.8 Å². The van der Waals surface area contributed by atoms with Crippen molar-refractivity contribution in [2.75, 3.05) is 61.1 Å². The predicted molar refractivity (Wildman–Crippen MR) is 164 cm³/mol. The summed E-state index contributed by atoms with van der Waals surface area (Å²) in [7, 11) is 0. The average molecular weight is 594 g/mol. The number of thiazole rings is 1. The molecule has 1 saturated heterocycles. The van der Waals surface area contributed by atoms with Gasteiger partial charge in [-0.25, -0.2) is 9.78 Å². The Morgan fingerprint density at radius 2 is 1.81 bits per heavy atom. The van der Waals surface area contributed by atoms with E-state index >= 15 is 0 Å². The molecule has 4 heterocycles. The van der Waals surface area contributed by atoms with Gasteiger partial charge in [0, 0.05) is 43.9 Å². The SMILES string of the molecule is CCOC(=O)c1sc(Nc2nc(N3CCOCC3)c3c(n2)N(Cc2ccc(C(=O)NCC(C)C)cc2)CCC3)nc1C. The number of benzene rings is 1. The van der Waals surface area contributed by atoms with Gasteiger partial charge < -0.3 is 24.6 Å². The molecule has 0 bridgehead atoms. The second-order valence-electron chi connectivity index (χ2n) is 10.9. The number of nitrogens with one attached hydrogen (secondary N) is 2. The Hall–Kier alpha value is -3.77. The molecular formula is C30H39N7O4S. The van der Waals surface area contributed by atoms with Crippen LogP contribution in [0.4, 0.5) is 22.7 Å². The highest BCUT2D eigenvalue weighted by atomic mass is 32.1. The number of carbonyl (C=O) groups is 2. The molecule has 0 aliphatic carbocycles. The molecule has 2 aliphatic heterocycles. The number of hydrogen-bond acceptors (Lipinski definition) is 11. The minimum atomic E-state index is -0.379. The number of esters is 1. The summed E-state index contributed by atoms with van der Waals surface area (Å²) in [6, 6.07) is 7.79. The Labute approximate surface area is 250 Å². The number of carbonyl (C=O) groups excluding carboxylic acids is 2. The van der Waals surface area contributed by atoms with Gasteiger partial charge in [0.1, 0.15) is 16.5 Å². The fourth-order valence-corrected chi connectivity index (χ4v) is 5.91. The van der Waals surface area contributed by atoms with E-state index in [4.69, 9.17) is 19.4 Å². The van der Waals surface area contributed by atoms with Crippen LogP contribution in [-0.4, -0.2) is 72.8 Å². The number of amides is 1. The van der Waals surface area contributed by atoms with E-state index in [0.717, 1.165) is 55.2 Å². The first-order valence-electron chi connectivity index (χ1n) is 14.6. The number of anilines is 4. The Morgan fingerprint density at radius 3 is 2.52 bits per heavy atom. The Bertz CT molecular complexity index is 1400. The van der Waals surface area contributed by atoms with E-state index in [0.29, 0.717) is 66.0 Å². The molecule has 12 heteroatoms. The molecule has 2 aromatic heterocycles. The second-order valence-corrected chi connectivity index (χ2v) is 11.9. The Balaban J connectivity index is 1.42. The van der Waals surface area contributed by atoms with E-state index in [-0.39, 0.29) is 11.9 Å². The van der Waals surface area contributed by atoms with Crippen molar-refractivity contribution < 1.29 is 19.1 Å².